The molecule has 2 aliphatic rings. The Kier molecular flexibility index (Phi) is 5.65. The third-order valence-electron chi connectivity index (χ3n) is 6.20. The molecule has 0 aliphatic carbocycles. The van der Waals surface area contributed by atoms with E-state index in [0.717, 1.165) is 33.6 Å². The van der Waals surface area contributed by atoms with Crippen LogP contribution < -0.4 is 18.9 Å². The molecule has 3 aromatic rings. The van der Waals surface area contributed by atoms with Gasteiger partial charge in [0, 0.05) is 16.7 Å². The molecule has 0 saturated carbocycles. The molecule has 1 atom stereocenters. The fourth-order valence-electron chi connectivity index (χ4n) is 4.37. The van der Waals surface area contributed by atoms with E-state index in [0.29, 0.717) is 28.7 Å². The lowest BCUT2D eigenvalue weighted by Crippen LogP contribution is -2.24. The van der Waals surface area contributed by atoms with Crippen LogP contribution >= 0.6 is 0 Å². The lowest BCUT2D eigenvalue weighted by Gasteiger charge is -2.31. The number of hydrogen-bond donors (Lipinski definition) is 0. The van der Waals surface area contributed by atoms with Gasteiger partial charge in [-0.15, -0.1) is 0 Å². The Hall–Kier alpha value is -3.93. The quantitative estimate of drug-likeness (QED) is 0.460. The SMILES string of the molecule is COC(=O)C1=C(c2ccc(OC)cc2)c2cc(C(C)C)ccc2OC1c1ccc2c(c1)OCO2. The van der Waals surface area contributed by atoms with E-state index in [9.17, 15) is 4.79 Å². The molecule has 174 valence electrons. The van der Waals surface area contributed by atoms with Crippen LogP contribution in [0.25, 0.3) is 5.57 Å². The molecule has 0 saturated heterocycles. The lowest BCUT2D eigenvalue weighted by molar-refractivity contribution is -0.137. The first-order valence-corrected chi connectivity index (χ1v) is 11.2. The van der Waals surface area contributed by atoms with Gasteiger partial charge in [0.1, 0.15) is 11.5 Å². The molecule has 3 aromatic carbocycles. The lowest BCUT2D eigenvalue weighted by atomic mass is 9.84. The largest absolute Gasteiger partial charge is 0.497 e. The van der Waals surface area contributed by atoms with Gasteiger partial charge in [0.2, 0.25) is 6.79 Å². The van der Waals surface area contributed by atoms with Crippen LogP contribution in [-0.2, 0) is 9.53 Å². The highest BCUT2D eigenvalue weighted by atomic mass is 16.7. The smallest absolute Gasteiger partial charge is 0.338 e. The van der Waals surface area contributed by atoms with E-state index in [1.807, 2.05) is 48.5 Å². The predicted molar refractivity (Wildman–Crippen MR) is 127 cm³/mol. The Bertz CT molecular complexity index is 1270. The number of rotatable bonds is 5. The molecule has 2 aliphatic heterocycles. The van der Waals surface area contributed by atoms with Gasteiger partial charge in [-0.05, 0) is 53.4 Å². The maximum absolute atomic E-state index is 13.3. The second-order valence-corrected chi connectivity index (χ2v) is 8.53. The topological polar surface area (TPSA) is 63.2 Å². The molecule has 5 rings (SSSR count). The van der Waals surface area contributed by atoms with Crippen molar-refractivity contribution in [3.05, 3.63) is 88.5 Å². The summed E-state index contributed by atoms with van der Waals surface area (Å²) >= 11 is 0. The summed E-state index contributed by atoms with van der Waals surface area (Å²) < 4.78 is 28.1. The van der Waals surface area contributed by atoms with Crippen LogP contribution in [0, 0.1) is 0 Å². The molecule has 0 N–H and O–H groups in total. The van der Waals surface area contributed by atoms with Gasteiger partial charge in [-0.1, -0.05) is 38.1 Å². The zero-order valence-electron chi connectivity index (χ0n) is 19.6. The first kappa shape index (κ1) is 21.9. The minimum absolute atomic E-state index is 0.169. The Morgan fingerprint density at radius 3 is 2.35 bits per heavy atom. The summed E-state index contributed by atoms with van der Waals surface area (Å²) in [5.41, 5.74) is 4.86. The van der Waals surface area contributed by atoms with Crippen molar-refractivity contribution in [3.8, 4) is 23.0 Å². The molecular weight excluding hydrogens is 432 g/mol. The van der Waals surface area contributed by atoms with Crippen molar-refractivity contribution in [1.29, 1.82) is 0 Å². The second kappa shape index (κ2) is 8.78. The molecule has 0 bridgehead atoms. The van der Waals surface area contributed by atoms with Gasteiger partial charge in [0.15, 0.2) is 17.6 Å². The van der Waals surface area contributed by atoms with Crippen LogP contribution in [0.15, 0.2) is 66.2 Å². The Labute approximate surface area is 198 Å². The average Bonchev–Trinajstić information content (AvgIpc) is 3.34. The highest BCUT2D eigenvalue weighted by Gasteiger charge is 2.36. The average molecular weight is 459 g/mol. The first-order valence-electron chi connectivity index (χ1n) is 11.2. The Morgan fingerprint density at radius 2 is 1.65 bits per heavy atom. The zero-order valence-corrected chi connectivity index (χ0v) is 19.6. The molecule has 2 heterocycles. The maximum Gasteiger partial charge on any atom is 0.338 e. The van der Waals surface area contributed by atoms with Crippen molar-refractivity contribution in [2.75, 3.05) is 21.0 Å². The third kappa shape index (κ3) is 3.75. The van der Waals surface area contributed by atoms with E-state index in [-0.39, 0.29) is 6.79 Å². The van der Waals surface area contributed by atoms with Crippen LogP contribution in [-0.4, -0.2) is 27.0 Å². The van der Waals surface area contributed by atoms with Gasteiger partial charge < -0.3 is 23.7 Å². The summed E-state index contributed by atoms with van der Waals surface area (Å²) in [4.78, 5) is 13.3. The zero-order chi connectivity index (χ0) is 23.8. The molecule has 0 spiro atoms. The molecule has 0 aromatic heterocycles. The molecule has 0 fully saturated rings. The van der Waals surface area contributed by atoms with Crippen LogP contribution in [0.1, 0.15) is 48.1 Å². The van der Waals surface area contributed by atoms with Crippen molar-refractivity contribution in [3.63, 3.8) is 0 Å². The molecule has 1 unspecified atom stereocenters. The minimum Gasteiger partial charge on any atom is -0.497 e. The number of hydrogen-bond acceptors (Lipinski definition) is 6. The van der Waals surface area contributed by atoms with E-state index in [4.69, 9.17) is 23.7 Å². The molecule has 34 heavy (non-hydrogen) atoms. The molecule has 0 amide bonds. The Balaban J connectivity index is 1.76. The summed E-state index contributed by atoms with van der Waals surface area (Å²) in [5, 5.41) is 0. The van der Waals surface area contributed by atoms with E-state index >= 15 is 0 Å². The molecular formula is C28H26O6. The van der Waals surface area contributed by atoms with Crippen LogP contribution in [0.4, 0.5) is 0 Å². The van der Waals surface area contributed by atoms with Gasteiger partial charge in [-0.3, -0.25) is 0 Å². The van der Waals surface area contributed by atoms with Crippen molar-refractivity contribution >= 4 is 11.5 Å². The highest BCUT2D eigenvalue weighted by Crippen LogP contribution is 2.47. The number of carbonyl (C=O) groups is 1. The molecule has 6 heteroatoms. The Morgan fingerprint density at radius 1 is 0.912 bits per heavy atom. The fourth-order valence-corrected chi connectivity index (χ4v) is 4.37. The predicted octanol–water partition coefficient (Wildman–Crippen LogP) is 5.66. The van der Waals surface area contributed by atoms with E-state index in [1.165, 1.54) is 7.11 Å². The normalized spacial score (nSPS) is 16.2. The van der Waals surface area contributed by atoms with Crippen molar-refractivity contribution < 1.29 is 28.5 Å². The van der Waals surface area contributed by atoms with E-state index in [1.54, 1.807) is 7.11 Å². The summed E-state index contributed by atoms with van der Waals surface area (Å²) in [6.45, 7) is 4.44. The highest BCUT2D eigenvalue weighted by molar-refractivity contribution is 6.04. The van der Waals surface area contributed by atoms with Crippen LogP contribution in [0.5, 0.6) is 23.0 Å². The molecule has 6 nitrogen and oxygen atoms in total. The number of fused-ring (bicyclic) bond motifs is 2. The number of ether oxygens (including phenoxy) is 5. The van der Waals surface area contributed by atoms with Crippen LogP contribution in [0.2, 0.25) is 0 Å². The maximum atomic E-state index is 13.3. The van der Waals surface area contributed by atoms with Gasteiger partial charge in [-0.25, -0.2) is 4.79 Å². The third-order valence-corrected chi connectivity index (χ3v) is 6.20. The standard InChI is InChI=1S/C28H26O6/c1-16(2)18-7-11-22-21(13-18)25(17-5-9-20(30-3)10-6-17)26(28(29)31-4)27(34-22)19-8-12-23-24(14-19)33-15-32-23/h5-14,16,27H,15H2,1-4H3. The van der Waals surface area contributed by atoms with E-state index < -0.39 is 12.1 Å². The fraction of sp³-hybridized carbons (Fsp3) is 0.250. The molecule has 0 radical (unpaired) electrons. The monoisotopic (exact) mass is 458 g/mol. The van der Waals surface area contributed by atoms with Gasteiger partial charge in [-0.2, -0.15) is 0 Å². The van der Waals surface area contributed by atoms with Crippen molar-refractivity contribution in [2.45, 2.75) is 25.9 Å². The van der Waals surface area contributed by atoms with Gasteiger partial charge in [0.05, 0.1) is 19.8 Å². The number of methoxy groups -OCH3 is 2. The van der Waals surface area contributed by atoms with Gasteiger partial charge in [0.25, 0.3) is 0 Å². The summed E-state index contributed by atoms with van der Waals surface area (Å²) in [6, 6.07) is 19.4. The summed E-state index contributed by atoms with van der Waals surface area (Å²) in [5.74, 6) is 2.59. The number of carbonyl (C=O) groups excluding carboxylic acids is 1. The van der Waals surface area contributed by atoms with Gasteiger partial charge >= 0.3 is 5.97 Å². The summed E-state index contributed by atoms with van der Waals surface area (Å²) in [7, 11) is 3.01. The van der Waals surface area contributed by atoms with Crippen molar-refractivity contribution in [2.24, 2.45) is 0 Å². The summed E-state index contributed by atoms with van der Waals surface area (Å²) in [6.07, 6.45) is -0.684. The van der Waals surface area contributed by atoms with Crippen molar-refractivity contribution in [1.82, 2.24) is 0 Å². The van der Waals surface area contributed by atoms with E-state index in [2.05, 4.69) is 26.0 Å². The number of benzene rings is 3. The minimum atomic E-state index is -0.684. The first-order chi connectivity index (χ1) is 16.5. The van der Waals surface area contributed by atoms with Crippen LogP contribution in [0.3, 0.4) is 0 Å². The second-order valence-electron chi connectivity index (χ2n) is 8.53. The number of esters is 1.